The van der Waals surface area contributed by atoms with Crippen LogP contribution >= 0.6 is 0 Å². The first kappa shape index (κ1) is 13.0. The Morgan fingerprint density at radius 3 is 2.47 bits per heavy atom. The summed E-state index contributed by atoms with van der Waals surface area (Å²) in [5.74, 6) is 0. The first-order chi connectivity index (χ1) is 7.03. The lowest BCUT2D eigenvalue weighted by Gasteiger charge is -2.34. The van der Waals surface area contributed by atoms with E-state index in [0.29, 0.717) is 11.5 Å². The number of aliphatic hydroxyl groups is 1. The van der Waals surface area contributed by atoms with Crippen molar-refractivity contribution in [3.8, 4) is 0 Å². The molecule has 0 aromatic rings. The Morgan fingerprint density at radius 1 is 1.33 bits per heavy atom. The van der Waals surface area contributed by atoms with Crippen LogP contribution in [-0.2, 0) is 0 Å². The van der Waals surface area contributed by atoms with Crippen molar-refractivity contribution in [1.82, 2.24) is 5.32 Å². The summed E-state index contributed by atoms with van der Waals surface area (Å²) >= 11 is 0. The Labute approximate surface area is 94.5 Å². The molecule has 1 aliphatic rings. The van der Waals surface area contributed by atoms with Crippen molar-refractivity contribution < 1.29 is 5.11 Å². The van der Waals surface area contributed by atoms with Crippen LogP contribution in [0.4, 0.5) is 0 Å². The maximum absolute atomic E-state index is 9.43. The normalized spacial score (nSPS) is 24.0. The van der Waals surface area contributed by atoms with Crippen molar-refractivity contribution in [2.45, 2.75) is 71.4 Å². The molecule has 1 saturated carbocycles. The van der Waals surface area contributed by atoms with Crippen molar-refractivity contribution >= 4 is 0 Å². The molecule has 1 atom stereocenters. The summed E-state index contributed by atoms with van der Waals surface area (Å²) in [6, 6.07) is 0.696. The molecule has 90 valence electrons. The number of hydrogen-bond donors (Lipinski definition) is 2. The molecule has 0 spiro atoms. The average Bonchev–Trinajstić information content (AvgIpc) is 2.20. The Balaban J connectivity index is 2.09. The molecule has 1 unspecified atom stereocenters. The van der Waals surface area contributed by atoms with E-state index in [0.717, 1.165) is 19.4 Å². The van der Waals surface area contributed by atoms with Gasteiger partial charge in [0.2, 0.25) is 0 Å². The maximum Gasteiger partial charge on any atom is 0.0549 e. The molecule has 1 fully saturated rings. The number of rotatable bonds is 5. The van der Waals surface area contributed by atoms with Gasteiger partial charge in [0.1, 0.15) is 0 Å². The second-order valence-electron chi connectivity index (χ2n) is 5.74. The Hall–Kier alpha value is -0.0800. The number of hydrogen-bond acceptors (Lipinski definition) is 2. The highest BCUT2D eigenvalue weighted by atomic mass is 16.3. The largest absolute Gasteiger partial charge is 0.393 e. The topological polar surface area (TPSA) is 32.3 Å². The summed E-state index contributed by atoms with van der Waals surface area (Å²) in [4.78, 5) is 0. The minimum Gasteiger partial charge on any atom is -0.393 e. The molecule has 0 saturated heterocycles. The van der Waals surface area contributed by atoms with Gasteiger partial charge in [-0.1, -0.05) is 20.8 Å². The van der Waals surface area contributed by atoms with E-state index in [1.54, 1.807) is 0 Å². The van der Waals surface area contributed by atoms with E-state index in [1.165, 1.54) is 25.7 Å². The number of nitrogens with one attached hydrogen (secondary N) is 1. The minimum atomic E-state index is -0.113. The summed E-state index contributed by atoms with van der Waals surface area (Å²) < 4.78 is 0. The smallest absolute Gasteiger partial charge is 0.0549 e. The molecule has 15 heavy (non-hydrogen) atoms. The molecule has 0 aromatic carbocycles. The first-order valence-corrected chi connectivity index (χ1v) is 6.45. The monoisotopic (exact) mass is 213 g/mol. The Bertz CT molecular complexity index is 169. The van der Waals surface area contributed by atoms with Crippen LogP contribution in [0.15, 0.2) is 0 Å². The zero-order chi connectivity index (χ0) is 11.3. The van der Waals surface area contributed by atoms with Crippen molar-refractivity contribution in [2.75, 3.05) is 6.54 Å². The van der Waals surface area contributed by atoms with E-state index in [1.807, 2.05) is 6.92 Å². The predicted octanol–water partition coefficient (Wildman–Crippen LogP) is 2.71. The molecule has 0 amide bonds. The third-order valence-electron chi connectivity index (χ3n) is 3.72. The quantitative estimate of drug-likeness (QED) is 0.736. The van der Waals surface area contributed by atoms with E-state index in [9.17, 15) is 5.11 Å². The fourth-order valence-electron chi connectivity index (χ4n) is 2.26. The third-order valence-corrected chi connectivity index (χ3v) is 3.72. The average molecular weight is 213 g/mol. The third kappa shape index (κ3) is 4.98. The van der Waals surface area contributed by atoms with Crippen LogP contribution in [0.1, 0.15) is 59.3 Å². The maximum atomic E-state index is 9.43. The SMILES string of the molecule is CCC(O)CCNC1CCC(C)(C)CC1. The molecule has 2 N–H and O–H groups in total. The van der Waals surface area contributed by atoms with Gasteiger partial charge in [0.25, 0.3) is 0 Å². The van der Waals surface area contributed by atoms with Crippen LogP contribution in [0.5, 0.6) is 0 Å². The second kappa shape index (κ2) is 5.86. The second-order valence-corrected chi connectivity index (χ2v) is 5.74. The zero-order valence-electron chi connectivity index (χ0n) is 10.6. The van der Waals surface area contributed by atoms with Crippen LogP contribution in [-0.4, -0.2) is 23.8 Å². The molecule has 2 heteroatoms. The molecule has 2 nitrogen and oxygen atoms in total. The Morgan fingerprint density at radius 2 is 1.93 bits per heavy atom. The van der Waals surface area contributed by atoms with Gasteiger partial charge in [-0.2, -0.15) is 0 Å². The van der Waals surface area contributed by atoms with E-state index in [2.05, 4.69) is 19.2 Å². The standard InChI is InChI=1S/C13H27NO/c1-4-12(15)7-10-14-11-5-8-13(2,3)9-6-11/h11-12,14-15H,4-10H2,1-3H3. The van der Waals surface area contributed by atoms with Gasteiger partial charge in [-0.25, -0.2) is 0 Å². The molecule has 0 aliphatic heterocycles. The number of aliphatic hydroxyl groups excluding tert-OH is 1. The minimum absolute atomic E-state index is 0.113. The molecular weight excluding hydrogens is 186 g/mol. The molecule has 0 radical (unpaired) electrons. The van der Waals surface area contributed by atoms with Crippen LogP contribution < -0.4 is 5.32 Å². The van der Waals surface area contributed by atoms with E-state index in [4.69, 9.17) is 0 Å². The summed E-state index contributed by atoms with van der Waals surface area (Å²) in [6.07, 6.45) is 6.93. The van der Waals surface area contributed by atoms with Crippen LogP contribution in [0.3, 0.4) is 0 Å². The van der Waals surface area contributed by atoms with E-state index < -0.39 is 0 Å². The molecule has 1 aliphatic carbocycles. The fourth-order valence-corrected chi connectivity index (χ4v) is 2.26. The fraction of sp³-hybridized carbons (Fsp3) is 1.00. The van der Waals surface area contributed by atoms with Crippen molar-refractivity contribution in [3.63, 3.8) is 0 Å². The van der Waals surface area contributed by atoms with Gasteiger partial charge >= 0.3 is 0 Å². The highest BCUT2D eigenvalue weighted by molar-refractivity contribution is 4.82. The lowest BCUT2D eigenvalue weighted by atomic mass is 9.75. The van der Waals surface area contributed by atoms with Crippen molar-refractivity contribution in [2.24, 2.45) is 5.41 Å². The van der Waals surface area contributed by atoms with Gasteiger partial charge in [0, 0.05) is 6.04 Å². The molecule has 0 heterocycles. The molecular formula is C13H27NO. The zero-order valence-corrected chi connectivity index (χ0v) is 10.6. The summed E-state index contributed by atoms with van der Waals surface area (Å²) in [5.41, 5.74) is 0.557. The van der Waals surface area contributed by atoms with E-state index in [-0.39, 0.29) is 6.10 Å². The van der Waals surface area contributed by atoms with Crippen molar-refractivity contribution in [3.05, 3.63) is 0 Å². The van der Waals surface area contributed by atoms with Crippen LogP contribution in [0, 0.1) is 5.41 Å². The summed E-state index contributed by atoms with van der Waals surface area (Å²) in [5, 5.41) is 13.0. The molecule has 0 bridgehead atoms. The van der Waals surface area contributed by atoms with E-state index >= 15 is 0 Å². The first-order valence-electron chi connectivity index (χ1n) is 6.45. The highest BCUT2D eigenvalue weighted by Crippen LogP contribution is 2.34. The van der Waals surface area contributed by atoms with Crippen LogP contribution in [0.2, 0.25) is 0 Å². The molecule has 1 rings (SSSR count). The summed E-state index contributed by atoms with van der Waals surface area (Å²) in [7, 11) is 0. The van der Waals surface area contributed by atoms with Gasteiger partial charge in [0.05, 0.1) is 6.10 Å². The van der Waals surface area contributed by atoms with Gasteiger partial charge in [0.15, 0.2) is 0 Å². The van der Waals surface area contributed by atoms with Gasteiger partial charge in [-0.3, -0.25) is 0 Å². The highest BCUT2D eigenvalue weighted by Gasteiger charge is 2.26. The van der Waals surface area contributed by atoms with Gasteiger partial charge in [-0.05, 0) is 50.5 Å². The molecule has 0 aromatic heterocycles. The van der Waals surface area contributed by atoms with Crippen LogP contribution in [0.25, 0.3) is 0 Å². The lowest BCUT2D eigenvalue weighted by molar-refractivity contribution is 0.153. The van der Waals surface area contributed by atoms with Gasteiger partial charge < -0.3 is 10.4 Å². The van der Waals surface area contributed by atoms with Crippen molar-refractivity contribution in [1.29, 1.82) is 0 Å². The predicted molar refractivity (Wildman–Crippen MR) is 65.0 cm³/mol. The lowest BCUT2D eigenvalue weighted by Crippen LogP contribution is -2.36. The summed E-state index contributed by atoms with van der Waals surface area (Å²) in [6.45, 7) is 7.74. The Kier molecular flexibility index (Phi) is 5.07. The van der Waals surface area contributed by atoms with Gasteiger partial charge in [-0.15, -0.1) is 0 Å².